The molecule has 1 N–H and O–H groups in total. The second-order valence-electron chi connectivity index (χ2n) is 4.94. The van der Waals surface area contributed by atoms with E-state index in [1.165, 1.54) is 11.1 Å². The average molecular weight is 254 g/mol. The Bertz CT molecular complexity index is 500. The van der Waals surface area contributed by atoms with Crippen LogP contribution in [0.15, 0.2) is 47.6 Å². The van der Waals surface area contributed by atoms with Crippen LogP contribution in [0.4, 0.5) is 5.69 Å². The molecule has 2 nitrogen and oxygen atoms in total. The standard InChI is InChI=1S/C17H22N2/c1-14(2)6-4-7-15(3)10-11-19-17-9-5-8-16(12-17)13-18/h5-6,8-10,12,19H,4,7,11H2,1-3H3/b15-10+. The summed E-state index contributed by atoms with van der Waals surface area (Å²) in [6, 6.07) is 9.70. The van der Waals surface area contributed by atoms with E-state index in [4.69, 9.17) is 5.26 Å². The van der Waals surface area contributed by atoms with Gasteiger partial charge in [0.2, 0.25) is 0 Å². The van der Waals surface area contributed by atoms with Crippen LogP contribution in [-0.2, 0) is 0 Å². The molecule has 2 heteroatoms. The topological polar surface area (TPSA) is 35.8 Å². The Kier molecular flexibility index (Phi) is 6.46. The Labute approximate surface area is 116 Å². The van der Waals surface area contributed by atoms with E-state index in [-0.39, 0.29) is 0 Å². The molecule has 0 fully saturated rings. The second-order valence-corrected chi connectivity index (χ2v) is 4.94. The van der Waals surface area contributed by atoms with Gasteiger partial charge in [-0.1, -0.05) is 29.4 Å². The van der Waals surface area contributed by atoms with Crippen LogP contribution in [-0.4, -0.2) is 6.54 Å². The first kappa shape index (κ1) is 15.0. The molecular weight excluding hydrogens is 232 g/mol. The first-order valence-corrected chi connectivity index (χ1v) is 6.65. The van der Waals surface area contributed by atoms with Crippen molar-refractivity contribution in [2.24, 2.45) is 0 Å². The van der Waals surface area contributed by atoms with Crippen molar-refractivity contribution in [3.8, 4) is 6.07 Å². The van der Waals surface area contributed by atoms with Crippen LogP contribution in [0.1, 0.15) is 39.2 Å². The lowest BCUT2D eigenvalue weighted by Gasteiger charge is -2.05. The summed E-state index contributed by atoms with van der Waals surface area (Å²) >= 11 is 0. The van der Waals surface area contributed by atoms with E-state index in [0.29, 0.717) is 5.56 Å². The number of rotatable bonds is 6. The predicted octanol–water partition coefficient (Wildman–Crippen LogP) is 4.66. The summed E-state index contributed by atoms with van der Waals surface area (Å²) in [6.45, 7) is 7.22. The van der Waals surface area contributed by atoms with Gasteiger partial charge in [0.15, 0.2) is 0 Å². The van der Waals surface area contributed by atoms with Crippen molar-refractivity contribution in [2.45, 2.75) is 33.6 Å². The zero-order valence-corrected chi connectivity index (χ0v) is 12.0. The first-order chi connectivity index (χ1) is 9.11. The number of nitriles is 1. The van der Waals surface area contributed by atoms with Gasteiger partial charge in [0.05, 0.1) is 11.6 Å². The van der Waals surface area contributed by atoms with E-state index >= 15 is 0 Å². The highest BCUT2D eigenvalue weighted by Gasteiger charge is 1.93. The van der Waals surface area contributed by atoms with E-state index in [9.17, 15) is 0 Å². The molecular formula is C17H22N2. The summed E-state index contributed by atoms with van der Waals surface area (Å²) in [4.78, 5) is 0. The normalized spacial score (nSPS) is 10.7. The van der Waals surface area contributed by atoms with Gasteiger partial charge in [0.1, 0.15) is 0 Å². The van der Waals surface area contributed by atoms with Crippen molar-refractivity contribution < 1.29 is 0 Å². The van der Waals surface area contributed by atoms with Crippen molar-refractivity contribution in [3.63, 3.8) is 0 Å². The molecule has 0 aliphatic heterocycles. The molecule has 100 valence electrons. The minimum absolute atomic E-state index is 0.689. The lowest BCUT2D eigenvalue weighted by molar-refractivity contribution is 0.959. The van der Waals surface area contributed by atoms with E-state index in [1.807, 2.05) is 24.3 Å². The van der Waals surface area contributed by atoms with Crippen LogP contribution in [0.3, 0.4) is 0 Å². The molecule has 0 atom stereocenters. The quantitative estimate of drug-likeness (QED) is 0.749. The Balaban J connectivity index is 2.40. The zero-order chi connectivity index (χ0) is 14.1. The maximum atomic E-state index is 8.82. The van der Waals surface area contributed by atoms with Crippen LogP contribution in [0.5, 0.6) is 0 Å². The molecule has 0 unspecified atom stereocenters. The first-order valence-electron chi connectivity index (χ1n) is 6.65. The zero-order valence-electron chi connectivity index (χ0n) is 12.0. The lowest BCUT2D eigenvalue weighted by atomic mass is 10.1. The van der Waals surface area contributed by atoms with Crippen LogP contribution < -0.4 is 5.32 Å². The number of nitrogens with one attached hydrogen (secondary N) is 1. The summed E-state index contributed by atoms with van der Waals surface area (Å²) < 4.78 is 0. The average Bonchev–Trinajstić information content (AvgIpc) is 2.38. The number of hydrogen-bond donors (Lipinski definition) is 1. The number of benzene rings is 1. The van der Waals surface area contributed by atoms with Gasteiger partial charge in [-0.15, -0.1) is 0 Å². The van der Waals surface area contributed by atoms with Crippen molar-refractivity contribution in [1.29, 1.82) is 5.26 Å². The molecule has 0 heterocycles. The summed E-state index contributed by atoms with van der Waals surface area (Å²) in [5.74, 6) is 0. The molecule has 0 spiro atoms. The van der Waals surface area contributed by atoms with Crippen molar-refractivity contribution >= 4 is 5.69 Å². The fourth-order valence-electron chi connectivity index (χ4n) is 1.73. The Morgan fingerprint density at radius 3 is 2.74 bits per heavy atom. The molecule has 1 aromatic rings. The maximum absolute atomic E-state index is 8.82. The lowest BCUT2D eigenvalue weighted by Crippen LogP contribution is -1.99. The Morgan fingerprint density at radius 2 is 2.05 bits per heavy atom. The highest BCUT2D eigenvalue weighted by Crippen LogP contribution is 2.10. The monoisotopic (exact) mass is 254 g/mol. The Hall–Kier alpha value is -2.01. The van der Waals surface area contributed by atoms with Crippen molar-refractivity contribution in [2.75, 3.05) is 11.9 Å². The molecule has 0 bridgehead atoms. The molecule has 19 heavy (non-hydrogen) atoms. The molecule has 0 amide bonds. The second kappa shape index (κ2) is 8.16. The van der Waals surface area contributed by atoms with E-state index < -0.39 is 0 Å². The third-order valence-electron chi connectivity index (χ3n) is 2.84. The van der Waals surface area contributed by atoms with Crippen LogP contribution in [0.2, 0.25) is 0 Å². The van der Waals surface area contributed by atoms with Crippen molar-refractivity contribution in [3.05, 3.63) is 53.1 Å². The minimum atomic E-state index is 0.689. The van der Waals surface area contributed by atoms with E-state index in [2.05, 4.69) is 44.3 Å². The van der Waals surface area contributed by atoms with Gasteiger partial charge in [-0.2, -0.15) is 5.26 Å². The largest absolute Gasteiger partial charge is 0.382 e. The minimum Gasteiger partial charge on any atom is -0.382 e. The smallest absolute Gasteiger partial charge is 0.0992 e. The molecule has 0 aliphatic carbocycles. The number of hydrogen-bond acceptors (Lipinski definition) is 2. The van der Waals surface area contributed by atoms with Crippen LogP contribution >= 0.6 is 0 Å². The number of anilines is 1. The molecule has 1 rings (SSSR count). The van der Waals surface area contributed by atoms with Crippen LogP contribution in [0, 0.1) is 11.3 Å². The van der Waals surface area contributed by atoms with Gasteiger partial charge in [-0.25, -0.2) is 0 Å². The molecule has 0 aromatic heterocycles. The fourth-order valence-corrected chi connectivity index (χ4v) is 1.73. The van der Waals surface area contributed by atoms with Gasteiger partial charge >= 0.3 is 0 Å². The maximum Gasteiger partial charge on any atom is 0.0992 e. The SMILES string of the molecule is CC(C)=CCC/C(C)=C/CNc1cccc(C#N)c1. The summed E-state index contributed by atoms with van der Waals surface area (Å²) in [7, 11) is 0. The third-order valence-corrected chi connectivity index (χ3v) is 2.84. The van der Waals surface area contributed by atoms with Gasteiger partial charge in [-0.05, 0) is 51.8 Å². The molecule has 0 saturated carbocycles. The number of nitrogens with zero attached hydrogens (tertiary/aromatic N) is 1. The predicted molar refractivity (Wildman–Crippen MR) is 82.1 cm³/mol. The van der Waals surface area contributed by atoms with Gasteiger partial charge < -0.3 is 5.32 Å². The van der Waals surface area contributed by atoms with Crippen molar-refractivity contribution in [1.82, 2.24) is 0 Å². The fraction of sp³-hybridized carbons (Fsp3) is 0.353. The number of allylic oxidation sites excluding steroid dienone is 3. The van der Waals surface area contributed by atoms with E-state index in [0.717, 1.165) is 25.1 Å². The van der Waals surface area contributed by atoms with Gasteiger partial charge in [-0.3, -0.25) is 0 Å². The van der Waals surface area contributed by atoms with E-state index in [1.54, 1.807) is 0 Å². The van der Waals surface area contributed by atoms with Gasteiger partial charge in [0, 0.05) is 12.2 Å². The Morgan fingerprint density at radius 1 is 1.26 bits per heavy atom. The highest BCUT2D eigenvalue weighted by atomic mass is 14.9. The van der Waals surface area contributed by atoms with Gasteiger partial charge in [0.25, 0.3) is 0 Å². The summed E-state index contributed by atoms with van der Waals surface area (Å²) in [5.41, 5.74) is 4.45. The molecule has 0 saturated heterocycles. The van der Waals surface area contributed by atoms with Crippen LogP contribution in [0.25, 0.3) is 0 Å². The highest BCUT2D eigenvalue weighted by molar-refractivity contribution is 5.49. The molecule has 1 aromatic carbocycles. The summed E-state index contributed by atoms with van der Waals surface area (Å²) in [6.07, 6.45) is 6.68. The molecule has 0 aliphatic rings. The molecule has 0 radical (unpaired) electrons. The third kappa shape index (κ3) is 6.47. The summed E-state index contributed by atoms with van der Waals surface area (Å²) in [5, 5.41) is 12.1.